The average Bonchev–Trinajstić information content (AvgIpc) is 3.37. The summed E-state index contributed by atoms with van der Waals surface area (Å²) in [5.41, 5.74) is 2.62. The van der Waals surface area contributed by atoms with E-state index in [1.54, 1.807) is 42.7 Å². The van der Waals surface area contributed by atoms with Crippen LogP contribution >= 0.6 is 11.6 Å². The molecule has 3 heterocycles. The number of nitrogens with one attached hydrogen (secondary N) is 2. The lowest BCUT2D eigenvalue weighted by Gasteiger charge is -1.98. The van der Waals surface area contributed by atoms with Crippen LogP contribution in [0, 0.1) is 0 Å². The van der Waals surface area contributed by atoms with Crippen LogP contribution < -0.4 is 5.32 Å². The second kappa shape index (κ2) is 7.38. The summed E-state index contributed by atoms with van der Waals surface area (Å²) >= 11 is 5.88. The van der Waals surface area contributed by atoms with Gasteiger partial charge in [-0.25, -0.2) is 0 Å². The molecule has 0 saturated heterocycles. The van der Waals surface area contributed by atoms with E-state index in [9.17, 15) is 4.79 Å². The molecule has 134 valence electrons. The second-order valence-electron chi connectivity index (χ2n) is 5.60. The Hall–Kier alpha value is -3.52. The highest BCUT2D eigenvalue weighted by atomic mass is 35.5. The zero-order chi connectivity index (χ0) is 18.6. The summed E-state index contributed by atoms with van der Waals surface area (Å²) in [7, 11) is 0. The van der Waals surface area contributed by atoms with Gasteiger partial charge < -0.3 is 9.84 Å². The Morgan fingerprint density at radius 2 is 1.89 bits per heavy atom. The van der Waals surface area contributed by atoms with E-state index in [4.69, 9.17) is 16.1 Å². The van der Waals surface area contributed by atoms with Gasteiger partial charge in [0.25, 0.3) is 5.91 Å². The SMILES string of the molecule is O=C(NCc1nc(-c2ccncc2)no1)c1cc(-c2ccc(Cl)cc2)n[nH]1. The summed E-state index contributed by atoms with van der Waals surface area (Å²) in [5.74, 6) is 0.409. The molecule has 0 radical (unpaired) electrons. The molecule has 1 aromatic carbocycles. The third-order valence-corrected chi connectivity index (χ3v) is 4.02. The van der Waals surface area contributed by atoms with Crippen LogP contribution in [0.25, 0.3) is 22.6 Å². The number of hydrogen-bond donors (Lipinski definition) is 2. The zero-order valence-electron chi connectivity index (χ0n) is 13.9. The molecule has 4 rings (SSSR count). The Balaban J connectivity index is 1.40. The Labute approximate surface area is 158 Å². The topological polar surface area (TPSA) is 110 Å². The Kier molecular flexibility index (Phi) is 4.63. The first kappa shape index (κ1) is 16.9. The fourth-order valence-corrected chi connectivity index (χ4v) is 2.53. The average molecular weight is 381 g/mol. The highest BCUT2D eigenvalue weighted by Crippen LogP contribution is 2.20. The maximum absolute atomic E-state index is 12.3. The third kappa shape index (κ3) is 3.85. The van der Waals surface area contributed by atoms with Crippen LogP contribution in [-0.4, -0.2) is 31.2 Å². The first-order valence-corrected chi connectivity index (χ1v) is 8.39. The smallest absolute Gasteiger partial charge is 0.269 e. The number of halogens is 1. The van der Waals surface area contributed by atoms with E-state index in [1.165, 1.54) is 0 Å². The summed E-state index contributed by atoms with van der Waals surface area (Å²) in [5, 5.41) is 14.1. The normalized spacial score (nSPS) is 10.7. The molecule has 0 spiro atoms. The molecule has 0 aliphatic heterocycles. The molecule has 2 N–H and O–H groups in total. The van der Waals surface area contributed by atoms with E-state index in [2.05, 4.69) is 30.6 Å². The van der Waals surface area contributed by atoms with E-state index in [0.29, 0.717) is 28.1 Å². The van der Waals surface area contributed by atoms with Gasteiger partial charge in [0.2, 0.25) is 11.7 Å². The number of hydrogen-bond acceptors (Lipinski definition) is 6. The van der Waals surface area contributed by atoms with E-state index in [0.717, 1.165) is 11.1 Å². The largest absolute Gasteiger partial charge is 0.342 e. The number of rotatable bonds is 5. The van der Waals surface area contributed by atoms with Crippen molar-refractivity contribution in [1.29, 1.82) is 0 Å². The van der Waals surface area contributed by atoms with Crippen molar-refractivity contribution in [1.82, 2.24) is 30.6 Å². The number of amides is 1. The van der Waals surface area contributed by atoms with Gasteiger partial charge in [-0.05, 0) is 30.3 Å². The maximum Gasteiger partial charge on any atom is 0.269 e. The maximum atomic E-state index is 12.3. The minimum Gasteiger partial charge on any atom is -0.342 e. The molecular formula is C18H13ClN6O2. The molecule has 0 saturated carbocycles. The van der Waals surface area contributed by atoms with Crippen molar-refractivity contribution in [2.24, 2.45) is 0 Å². The highest BCUT2D eigenvalue weighted by Gasteiger charge is 2.13. The van der Waals surface area contributed by atoms with Gasteiger partial charge in [-0.1, -0.05) is 28.9 Å². The molecule has 8 nitrogen and oxygen atoms in total. The number of carbonyl (C=O) groups is 1. The number of aromatic nitrogens is 5. The summed E-state index contributed by atoms with van der Waals surface area (Å²) < 4.78 is 5.16. The summed E-state index contributed by atoms with van der Waals surface area (Å²) in [4.78, 5) is 20.5. The van der Waals surface area contributed by atoms with Crippen LogP contribution in [0.1, 0.15) is 16.4 Å². The van der Waals surface area contributed by atoms with E-state index in [-0.39, 0.29) is 12.5 Å². The van der Waals surface area contributed by atoms with Crippen LogP contribution in [0.5, 0.6) is 0 Å². The molecule has 3 aromatic heterocycles. The number of carbonyl (C=O) groups excluding carboxylic acids is 1. The number of H-pyrrole nitrogens is 1. The minimum absolute atomic E-state index is 0.103. The lowest BCUT2D eigenvalue weighted by Crippen LogP contribution is -2.23. The minimum atomic E-state index is -0.327. The molecule has 0 aliphatic rings. The molecular weight excluding hydrogens is 368 g/mol. The first-order chi connectivity index (χ1) is 13.2. The van der Waals surface area contributed by atoms with Crippen molar-refractivity contribution < 1.29 is 9.32 Å². The molecule has 9 heteroatoms. The third-order valence-electron chi connectivity index (χ3n) is 3.77. The molecule has 0 aliphatic carbocycles. The number of aromatic amines is 1. The predicted molar refractivity (Wildman–Crippen MR) is 97.7 cm³/mol. The van der Waals surface area contributed by atoms with Gasteiger partial charge >= 0.3 is 0 Å². The van der Waals surface area contributed by atoms with Crippen molar-refractivity contribution in [3.8, 4) is 22.6 Å². The summed E-state index contributed by atoms with van der Waals surface area (Å²) in [6, 6.07) is 12.4. The molecule has 0 atom stereocenters. The quantitative estimate of drug-likeness (QED) is 0.550. The van der Waals surface area contributed by atoms with Gasteiger partial charge in [0.15, 0.2) is 0 Å². The van der Waals surface area contributed by atoms with Crippen molar-refractivity contribution in [2.45, 2.75) is 6.54 Å². The van der Waals surface area contributed by atoms with Gasteiger partial charge in [-0.3, -0.25) is 14.9 Å². The van der Waals surface area contributed by atoms with E-state index in [1.807, 2.05) is 12.1 Å². The second-order valence-corrected chi connectivity index (χ2v) is 6.04. The van der Waals surface area contributed by atoms with E-state index < -0.39 is 0 Å². The summed E-state index contributed by atoms with van der Waals surface area (Å²) in [6.45, 7) is 0.103. The lowest BCUT2D eigenvalue weighted by atomic mass is 10.1. The Morgan fingerprint density at radius 3 is 2.67 bits per heavy atom. The predicted octanol–water partition coefficient (Wildman–Crippen LogP) is 3.11. The van der Waals surface area contributed by atoms with Crippen LogP contribution in [0.15, 0.2) is 59.4 Å². The molecule has 0 fully saturated rings. The highest BCUT2D eigenvalue weighted by molar-refractivity contribution is 6.30. The van der Waals surface area contributed by atoms with Gasteiger partial charge in [-0.2, -0.15) is 10.1 Å². The zero-order valence-corrected chi connectivity index (χ0v) is 14.6. The Morgan fingerprint density at radius 1 is 1.11 bits per heavy atom. The van der Waals surface area contributed by atoms with Crippen LogP contribution in [0.3, 0.4) is 0 Å². The van der Waals surface area contributed by atoms with Crippen molar-refractivity contribution >= 4 is 17.5 Å². The van der Waals surface area contributed by atoms with Crippen LogP contribution in [0.2, 0.25) is 5.02 Å². The molecule has 4 aromatic rings. The van der Waals surface area contributed by atoms with Crippen molar-refractivity contribution in [3.05, 3.63) is 71.5 Å². The molecule has 0 bridgehead atoms. The molecule has 1 amide bonds. The van der Waals surface area contributed by atoms with Gasteiger partial charge in [0.1, 0.15) is 5.69 Å². The fraction of sp³-hybridized carbons (Fsp3) is 0.0556. The van der Waals surface area contributed by atoms with Crippen molar-refractivity contribution in [3.63, 3.8) is 0 Å². The monoisotopic (exact) mass is 380 g/mol. The van der Waals surface area contributed by atoms with Crippen LogP contribution in [0.4, 0.5) is 0 Å². The van der Waals surface area contributed by atoms with Gasteiger partial charge in [-0.15, -0.1) is 0 Å². The first-order valence-electron chi connectivity index (χ1n) is 8.01. The Bertz CT molecular complexity index is 1060. The van der Waals surface area contributed by atoms with Gasteiger partial charge in [0, 0.05) is 28.5 Å². The van der Waals surface area contributed by atoms with Crippen molar-refractivity contribution in [2.75, 3.05) is 0 Å². The molecule has 27 heavy (non-hydrogen) atoms. The molecule has 0 unspecified atom stereocenters. The number of pyridine rings is 1. The fourth-order valence-electron chi connectivity index (χ4n) is 2.40. The van der Waals surface area contributed by atoms with Crippen LogP contribution in [-0.2, 0) is 6.54 Å². The summed E-state index contributed by atoms with van der Waals surface area (Å²) in [6.07, 6.45) is 3.29. The number of nitrogens with zero attached hydrogens (tertiary/aromatic N) is 4. The standard InChI is InChI=1S/C18H13ClN6O2/c19-13-3-1-11(2-4-13)14-9-15(24-23-14)18(26)21-10-16-22-17(25-27-16)12-5-7-20-8-6-12/h1-9H,10H2,(H,21,26)(H,23,24). The lowest BCUT2D eigenvalue weighted by molar-refractivity contribution is 0.0941. The number of benzene rings is 1. The van der Waals surface area contributed by atoms with Gasteiger partial charge in [0.05, 0.1) is 12.2 Å². The van der Waals surface area contributed by atoms with E-state index >= 15 is 0 Å².